The van der Waals surface area contributed by atoms with Gasteiger partial charge in [0.25, 0.3) is 5.91 Å². The molecule has 0 unspecified atom stereocenters. The van der Waals surface area contributed by atoms with E-state index in [2.05, 4.69) is 10.0 Å². The Morgan fingerprint density at radius 3 is 2.29 bits per heavy atom. The van der Waals surface area contributed by atoms with Gasteiger partial charge in [-0.3, -0.25) is 4.79 Å². The van der Waals surface area contributed by atoms with Crippen LogP contribution in [0.1, 0.15) is 42.6 Å². The maximum absolute atomic E-state index is 12.5. The molecule has 154 valence electrons. The third kappa shape index (κ3) is 6.60. The maximum Gasteiger partial charge on any atom is 0.251 e. The van der Waals surface area contributed by atoms with Crippen LogP contribution in [0.4, 0.5) is 0 Å². The van der Waals surface area contributed by atoms with Gasteiger partial charge in [0.2, 0.25) is 10.0 Å². The van der Waals surface area contributed by atoms with Crippen LogP contribution in [0, 0.1) is 0 Å². The van der Waals surface area contributed by atoms with Gasteiger partial charge in [0.1, 0.15) is 0 Å². The quantitative estimate of drug-likeness (QED) is 0.574. The first kappa shape index (κ1) is 24.1. The minimum absolute atomic E-state index is 0. The number of hydrogen-bond donors (Lipinski definition) is 3. The fraction of sp³-hybridized carbons (Fsp3) is 0.350. The lowest BCUT2D eigenvalue weighted by atomic mass is 9.94. The molecule has 8 heteroatoms. The van der Waals surface area contributed by atoms with Crippen LogP contribution < -0.4 is 15.8 Å². The van der Waals surface area contributed by atoms with Crippen LogP contribution in [0.2, 0.25) is 0 Å². The molecule has 0 spiro atoms. The first-order valence-corrected chi connectivity index (χ1v) is 10.5. The van der Waals surface area contributed by atoms with Crippen molar-refractivity contribution in [1.82, 2.24) is 10.0 Å². The van der Waals surface area contributed by atoms with Crippen molar-refractivity contribution in [2.24, 2.45) is 5.73 Å². The highest BCUT2D eigenvalue weighted by Crippen LogP contribution is 2.14. The summed E-state index contributed by atoms with van der Waals surface area (Å²) in [6.45, 7) is 4.47. The van der Waals surface area contributed by atoms with Crippen LogP contribution >= 0.6 is 12.4 Å². The predicted octanol–water partition coefficient (Wildman–Crippen LogP) is 2.83. The molecule has 0 saturated carbocycles. The fourth-order valence-corrected chi connectivity index (χ4v) is 3.58. The number of nitrogens with two attached hydrogens (primary N) is 1. The zero-order chi connectivity index (χ0) is 19.9. The van der Waals surface area contributed by atoms with E-state index >= 15 is 0 Å². The lowest BCUT2D eigenvalue weighted by Gasteiger charge is -2.26. The number of nitrogens with one attached hydrogen (secondary N) is 2. The summed E-state index contributed by atoms with van der Waals surface area (Å²) >= 11 is 0. The predicted molar refractivity (Wildman–Crippen MR) is 114 cm³/mol. The van der Waals surface area contributed by atoms with Gasteiger partial charge < -0.3 is 11.1 Å². The van der Waals surface area contributed by atoms with E-state index in [9.17, 15) is 13.2 Å². The average Bonchev–Trinajstić information content (AvgIpc) is 2.71. The molecule has 4 N–H and O–H groups in total. The van der Waals surface area contributed by atoms with E-state index in [-0.39, 0.29) is 35.3 Å². The number of amides is 1. The van der Waals surface area contributed by atoms with Gasteiger partial charge in [-0.2, -0.15) is 0 Å². The Bertz CT molecular complexity index is 869. The molecule has 0 aliphatic carbocycles. The summed E-state index contributed by atoms with van der Waals surface area (Å²) < 4.78 is 27.6. The summed E-state index contributed by atoms with van der Waals surface area (Å²) in [6, 6.07) is 15.2. The Hall–Kier alpha value is -1.93. The van der Waals surface area contributed by atoms with E-state index in [0.717, 1.165) is 18.4 Å². The summed E-state index contributed by atoms with van der Waals surface area (Å²) in [5, 5.41) is 2.80. The molecule has 0 atom stereocenters. The third-order valence-electron chi connectivity index (χ3n) is 4.72. The largest absolute Gasteiger partial charge is 0.350 e. The molecule has 6 nitrogen and oxygen atoms in total. The summed E-state index contributed by atoms with van der Waals surface area (Å²) in [4.78, 5) is 12.5. The molecule has 0 aliphatic rings. The van der Waals surface area contributed by atoms with Crippen LogP contribution in [0.25, 0.3) is 0 Å². The lowest BCUT2D eigenvalue weighted by Crippen LogP contribution is -2.49. The van der Waals surface area contributed by atoms with E-state index in [1.54, 1.807) is 12.1 Å². The van der Waals surface area contributed by atoms with E-state index < -0.39 is 15.6 Å². The van der Waals surface area contributed by atoms with Crippen LogP contribution in [-0.4, -0.2) is 26.4 Å². The molecule has 0 radical (unpaired) electrons. The molecule has 0 saturated heterocycles. The van der Waals surface area contributed by atoms with Crippen molar-refractivity contribution >= 4 is 28.3 Å². The monoisotopic (exact) mass is 425 g/mol. The Morgan fingerprint density at radius 1 is 1.04 bits per heavy atom. The standard InChI is InChI=1S/C20H27N3O3S.ClH/c1-3-20(21,4-2)15-22-19(24)17-11-8-12-18(13-17)27(25,26)23-14-16-9-6-5-7-10-16;/h5-13,23H,3-4,14-15,21H2,1-2H3,(H,22,24);1H. The van der Waals surface area contributed by atoms with Gasteiger partial charge in [0.05, 0.1) is 4.90 Å². The summed E-state index contributed by atoms with van der Waals surface area (Å²) in [5.41, 5.74) is 6.87. The Balaban J connectivity index is 0.00000392. The Morgan fingerprint density at radius 2 is 1.68 bits per heavy atom. The molecular formula is C20H28ClN3O3S. The van der Waals surface area contributed by atoms with Crippen molar-refractivity contribution in [1.29, 1.82) is 0 Å². The number of carbonyl (C=O) groups excluding carboxylic acids is 1. The average molecular weight is 426 g/mol. The number of halogens is 1. The third-order valence-corrected chi connectivity index (χ3v) is 6.12. The fourth-order valence-electron chi connectivity index (χ4n) is 2.52. The molecule has 0 heterocycles. The van der Waals surface area contributed by atoms with E-state index in [1.165, 1.54) is 12.1 Å². The van der Waals surface area contributed by atoms with Crippen molar-refractivity contribution in [3.8, 4) is 0 Å². The van der Waals surface area contributed by atoms with Gasteiger partial charge in [-0.1, -0.05) is 50.2 Å². The molecule has 0 aromatic heterocycles. The number of benzene rings is 2. The van der Waals surface area contributed by atoms with Crippen molar-refractivity contribution in [2.75, 3.05) is 6.54 Å². The van der Waals surface area contributed by atoms with Crippen LogP contribution in [0.15, 0.2) is 59.5 Å². The van der Waals surface area contributed by atoms with E-state index in [1.807, 2.05) is 44.2 Å². The zero-order valence-electron chi connectivity index (χ0n) is 16.1. The van der Waals surface area contributed by atoms with E-state index in [0.29, 0.717) is 6.54 Å². The van der Waals surface area contributed by atoms with Gasteiger partial charge in [-0.05, 0) is 36.6 Å². The van der Waals surface area contributed by atoms with Gasteiger partial charge in [-0.15, -0.1) is 12.4 Å². The molecular weight excluding hydrogens is 398 g/mol. The lowest BCUT2D eigenvalue weighted by molar-refractivity contribution is 0.0942. The minimum Gasteiger partial charge on any atom is -0.350 e. The van der Waals surface area contributed by atoms with E-state index in [4.69, 9.17) is 5.73 Å². The molecule has 2 aromatic carbocycles. The minimum atomic E-state index is -3.72. The maximum atomic E-state index is 12.5. The summed E-state index contributed by atoms with van der Waals surface area (Å²) in [7, 11) is -3.72. The topological polar surface area (TPSA) is 101 Å². The number of carbonyl (C=O) groups is 1. The smallest absolute Gasteiger partial charge is 0.251 e. The number of sulfonamides is 1. The number of hydrogen-bond acceptors (Lipinski definition) is 4. The van der Waals surface area contributed by atoms with Crippen LogP contribution in [0.3, 0.4) is 0 Å². The summed E-state index contributed by atoms with van der Waals surface area (Å²) in [6.07, 6.45) is 1.48. The Kier molecular flexibility index (Phi) is 9.10. The second-order valence-electron chi connectivity index (χ2n) is 6.59. The molecule has 2 rings (SSSR count). The molecule has 0 fully saturated rings. The first-order chi connectivity index (χ1) is 12.8. The Labute approximate surface area is 173 Å². The highest BCUT2D eigenvalue weighted by molar-refractivity contribution is 7.89. The van der Waals surface area contributed by atoms with Gasteiger partial charge in [0.15, 0.2) is 0 Å². The molecule has 28 heavy (non-hydrogen) atoms. The van der Waals surface area contributed by atoms with Gasteiger partial charge >= 0.3 is 0 Å². The second-order valence-corrected chi connectivity index (χ2v) is 8.36. The summed E-state index contributed by atoms with van der Waals surface area (Å²) in [5.74, 6) is -0.341. The van der Waals surface area contributed by atoms with Crippen LogP contribution in [0.5, 0.6) is 0 Å². The second kappa shape index (κ2) is 10.6. The van der Waals surface area contributed by atoms with Gasteiger partial charge in [-0.25, -0.2) is 13.1 Å². The van der Waals surface area contributed by atoms with Crippen molar-refractivity contribution in [3.63, 3.8) is 0 Å². The molecule has 0 bridgehead atoms. The van der Waals surface area contributed by atoms with Crippen molar-refractivity contribution in [3.05, 3.63) is 65.7 Å². The molecule has 0 aliphatic heterocycles. The molecule has 2 aromatic rings. The normalized spacial score (nSPS) is 11.5. The highest BCUT2D eigenvalue weighted by Gasteiger charge is 2.22. The van der Waals surface area contributed by atoms with Crippen LogP contribution in [-0.2, 0) is 16.6 Å². The number of rotatable bonds is 9. The zero-order valence-corrected chi connectivity index (χ0v) is 17.8. The molecule has 1 amide bonds. The van der Waals surface area contributed by atoms with Crippen molar-refractivity contribution in [2.45, 2.75) is 43.7 Å². The highest BCUT2D eigenvalue weighted by atomic mass is 35.5. The van der Waals surface area contributed by atoms with Crippen molar-refractivity contribution < 1.29 is 13.2 Å². The SMILES string of the molecule is CCC(N)(CC)CNC(=O)c1cccc(S(=O)(=O)NCc2ccccc2)c1.Cl. The first-order valence-electron chi connectivity index (χ1n) is 9.00. The van der Waals surface area contributed by atoms with Gasteiger partial charge in [0, 0.05) is 24.2 Å².